The molecule has 11 heavy (non-hydrogen) atoms. The smallest absolute Gasteiger partial charge is 0.0750 e. The maximum absolute atomic E-state index is 9.46. The van der Waals surface area contributed by atoms with Crippen molar-refractivity contribution < 1.29 is 5.11 Å². The molecule has 1 N–H and O–H groups in total. The van der Waals surface area contributed by atoms with E-state index in [0.717, 1.165) is 24.0 Å². The fraction of sp³-hybridized carbons (Fsp3) is 0.600. The van der Waals surface area contributed by atoms with Crippen molar-refractivity contribution in [2.75, 3.05) is 0 Å². The first-order chi connectivity index (χ1) is 5.07. The molecule has 0 saturated heterocycles. The zero-order valence-corrected chi connectivity index (χ0v) is 7.72. The number of hydrogen-bond donors (Lipinski definition) is 1. The molecular weight excluding hydrogens is 136 g/mol. The molecule has 1 nitrogen and oxygen atoms in total. The van der Waals surface area contributed by atoms with Crippen molar-refractivity contribution in [3.8, 4) is 0 Å². The van der Waals surface area contributed by atoms with Gasteiger partial charge in [-0.2, -0.15) is 0 Å². The summed E-state index contributed by atoms with van der Waals surface area (Å²) in [6.45, 7) is 9.66. The van der Waals surface area contributed by atoms with Crippen LogP contribution in [0.2, 0.25) is 0 Å². The molecule has 0 aliphatic rings. The van der Waals surface area contributed by atoms with Gasteiger partial charge in [-0.1, -0.05) is 11.6 Å². The lowest BCUT2D eigenvalue weighted by Gasteiger charge is -2.09. The summed E-state index contributed by atoms with van der Waals surface area (Å²) >= 11 is 0. The predicted octanol–water partition coefficient (Wildman–Crippen LogP) is 2.67. The van der Waals surface area contributed by atoms with Gasteiger partial charge in [-0.05, 0) is 39.2 Å². The highest BCUT2D eigenvalue weighted by Gasteiger charge is 2.04. The summed E-state index contributed by atoms with van der Waals surface area (Å²) in [6.07, 6.45) is 3.37. The highest BCUT2D eigenvalue weighted by atomic mass is 16.3. The summed E-state index contributed by atoms with van der Waals surface area (Å²) in [7, 11) is 0. The second kappa shape index (κ2) is 5.14. The van der Waals surface area contributed by atoms with Crippen LogP contribution in [-0.2, 0) is 0 Å². The van der Waals surface area contributed by atoms with Gasteiger partial charge in [0.25, 0.3) is 0 Å². The Hall–Kier alpha value is -0.560. The van der Waals surface area contributed by atoms with Crippen LogP contribution in [0.25, 0.3) is 0 Å². The maximum Gasteiger partial charge on any atom is 0.0750 e. The third kappa shape index (κ3) is 4.79. The molecule has 0 spiro atoms. The molecule has 0 fully saturated rings. The molecular formula is C10H18O. The molecule has 0 unspecified atom stereocenters. The Morgan fingerprint density at radius 1 is 1.55 bits per heavy atom. The summed E-state index contributed by atoms with van der Waals surface area (Å²) < 4.78 is 0. The van der Waals surface area contributed by atoms with Crippen LogP contribution < -0.4 is 0 Å². The lowest BCUT2D eigenvalue weighted by molar-refractivity contribution is 0.200. The molecule has 0 aliphatic carbocycles. The van der Waals surface area contributed by atoms with Crippen LogP contribution in [0, 0.1) is 0 Å². The van der Waals surface area contributed by atoms with Crippen molar-refractivity contribution in [1.29, 1.82) is 0 Å². The molecule has 0 aliphatic heterocycles. The molecule has 1 atom stereocenters. The van der Waals surface area contributed by atoms with E-state index in [2.05, 4.69) is 6.58 Å². The van der Waals surface area contributed by atoms with E-state index in [9.17, 15) is 5.11 Å². The Morgan fingerprint density at radius 3 is 2.45 bits per heavy atom. The number of rotatable bonds is 4. The highest BCUT2D eigenvalue weighted by Crippen LogP contribution is 2.10. The van der Waals surface area contributed by atoms with E-state index in [4.69, 9.17) is 0 Å². The fourth-order valence-corrected chi connectivity index (χ4v) is 0.803. The fourth-order valence-electron chi connectivity index (χ4n) is 0.803. The highest BCUT2D eigenvalue weighted by molar-refractivity contribution is 5.03. The van der Waals surface area contributed by atoms with Gasteiger partial charge in [0.15, 0.2) is 0 Å². The average molecular weight is 154 g/mol. The molecule has 0 aromatic rings. The van der Waals surface area contributed by atoms with Gasteiger partial charge in [0.1, 0.15) is 0 Å². The van der Waals surface area contributed by atoms with Crippen LogP contribution in [0.3, 0.4) is 0 Å². The Kier molecular flexibility index (Phi) is 4.88. The minimum Gasteiger partial charge on any atom is -0.389 e. The second-order valence-corrected chi connectivity index (χ2v) is 3.04. The number of aliphatic hydroxyl groups is 1. The molecule has 0 bridgehead atoms. The third-order valence-electron chi connectivity index (χ3n) is 1.83. The van der Waals surface area contributed by atoms with Crippen molar-refractivity contribution in [3.05, 3.63) is 23.8 Å². The van der Waals surface area contributed by atoms with Crippen LogP contribution in [0.15, 0.2) is 23.8 Å². The molecule has 0 aromatic carbocycles. The van der Waals surface area contributed by atoms with E-state index >= 15 is 0 Å². The van der Waals surface area contributed by atoms with E-state index in [1.807, 2.05) is 26.8 Å². The number of hydrogen-bond acceptors (Lipinski definition) is 1. The van der Waals surface area contributed by atoms with Gasteiger partial charge in [0.05, 0.1) is 6.10 Å². The first-order valence-corrected chi connectivity index (χ1v) is 4.03. The van der Waals surface area contributed by atoms with E-state index < -0.39 is 0 Å². The van der Waals surface area contributed by atoms with Crippen LogP contribution >= 0.6 is 0 Å². The topological polar surface area (TPSA) is 20.2 Å². The Labute approximate surface area is 69.4 Å². The van der Waals surface area contributed by atoms with E-state index in [1.54, 1.807) is 0 Å². The van der Waals surface area contributed by atoms with Gasteiger partial charge in [0, 0.05) is 0 Å². The first-order valence-electron chi connectivity index (χ1n) is 4.03. The van der Waals surface area contributed by atoms with Crippen molar-refractivity contribution in [2.24, 2.45) is 0 Å². The van der Waals surface area contributed by atoms with Crippen LogP contribution in [0.1, 0.15) is 33.6 Å². The summed E-state index contributed by atoms with van der Waals surface area (Å²) in [5.74, 6) is 0. The normalized spacial score (nSPS) is 14.7. The largest absolute Gasteiger partial charge is 0.389 e. The molecule has 0 aromatic heterocycles. The lowest BCUT2D eigenvalue weighted by Crippen LogP contribution is -2.07. The predicted molar refractivity (Wildman–Crippen MR) is 49.5 cm³/mol. The van der Waals surface area contributed by atoms with Crippen molar-refractivity contribution in [3.63, 3.8) is 0 Å². The average Bonchev–Trinajstić information content (AvgIpc) is 1.98. The quantitative estimate of drug-likeness (QED) is 0.617. The molecule has 0 saturated carbocycles. The van der Waals surface area contributed by atoms with Crippen LogP contribution in [-0.4, -0.2) is 11.2 Å². The van der Waals surface area contributed by atoms with Crippen LogP contribution in [0.5, 0.6) is 0 Å². The van der Waals surface area contributed by atoms with Crippen LogP contribution in [0.4, 0.5) is 0 Å². The Bertz CT molecular complexity index is 156. The van der Waals surface area contributed by atoms with E-state index in [1.165, 1.54) is 0 Å². The van der Waals surface area contributed by atoms with E-state index in [0.29, 0.717) is 0 Å². The molecule has 0 amide bonds. The van der Waals surface area contributed by atoms with Gasteiger partial charge in [-0.3, -0.25) is 0 Å². The monoisotopic (exact) mass is 154 g/mol. The molecule has 64 valence electrons. The Morgan fingerprint density at radius 2 is 2.09 bits per heavy atom. The first kappa shape index (κ1) is 10.4. The van der Waals surface area contributed by atoms with Crippen molar-refractivity contribution in [2.45, 2.75) is 39.7 Å². The van der Waals surface area contributed by atoms with Gasteiger partial charge in [-0.25, -0.2) is 0 Å². The van der Waals surface area contributed by atoms with Crippen molar-refractivity contribution in [1.82, 2.24) is 0 Å². The number of allylic oxidation sites excluding steroid dienone is 2. The molecule has 1 heteroatoms. The maximum atomic E-state index is 9.46. The van der Waals surface area contributed by atoms with Gasteiger partial charge < -0.3 is 5.11 Å². The SMILES string of the molecule is C=C(C)CC[C@H](O)C(C)=CC. The number of aliphatic hydroxyl groups excluding tert-OH is 1. The van der Waals surface area contributed by atoms with E-state index in [-0.39, 0.29) is 6.10 Å². The van der Waals surface area contributed by atoms with Gasteiger partial charge >= 0.3 is 0 Å². The second-order valence-electron chi connectivity index (χ2n) is 3.04. The van der Waals surface area contributed by atoms with Gasteiger partial charge in [-0.15, -0.1) is 6.58 Å². The molecule has 0 radical (unpaired) electrons. The van der Waals surface area contributed by atoms with Crippen molar-refractivity contribution >= 4 is 0 Å². The minimum absolute atomic E-state index is 0.281. The third-order valence-corrected chi connectivity index (χ3v) is 1.83. The summed E-state index contributed by atoms with van der Waals surface area (Å²) in [6, 6.07) is 0. The minimum atomic E-state index is -0.281. The van der Waals surface area contributed by atoms with Gasteiger partial charge in [0.2, 0.25) is 0 Å². The zero-order valence-electron chi connectivity index (χ0n) is 7.72. The summed E-state index contributed by atoms with van der Waals surface area (Å²) in [4.78, 5) is 0. The summed E-state index contributed by atoms with van der Waals surface area (Å²) in [5.41, 5.74) is 2.18. The molecule has 0 heterocycles. The lowest BCUT2D eigenvalue weighted by atomic mass is 10.0. The summed E-state index contributed by atoms with van der Waals surface area (Å²) in [5, 5.41) is 9.46. The zero-order chi connectivity index (χ0) is 8.85. The Balaban J connectivity index is 3.69. The standard InChI is InChI=1S/C10H18O/c1-5-9(4)10(11)7-6-8(2)3/h5,10-11H,2,6-7H2,1,3-4H3/t10-/m0/s1. The molecule has 0 rings (SSSR count).